The predicted molar refractivity (Wildman–Crippen MR) is 50.3 cm³/mol. The number of likely N-dealkylation sites (N-methyl/N-ethyl adjacent to an activating group) is 1. The number of nitrogens with zero attached hydrogens (tertiary/aromatic N) is 1. The molecule has 0 aromatic carbocycles. The van der Waals surface area contributed by atoms with Crippen LogP contribution in [0.15, 0.2) is 0 Å². The Morgan fingerprint density at radius 3 is 2.85 bits per heavy atom. The Labute approximate surface area is 78.9 Å². The molecule has 0 aromatic rings. The van der Waals surface area contributed by atoms with Crippen molar-refractivity contribution in [2.45, 2.75) is 19.9 Å². The number of aliphatic hydroxyl groups excluding tert-OH is 1. The van der Waals surface area contributed by atoms with Gasteiger partial charge in [-0.3, -0.25) is 4.79 Å². The molecule has 1 amide bonds. The van der Waals surface area contributed by atoms with E-state index in [4.69, 9.17) is 5.11 Å². The summed E-state index contributed by atoms with van der Waals surface area (Å²) in [5.74, 6) is -0.0203. The summed E-state index contributed by atoms with van der Waals surface area (Å²) < 4.78 is 0. The van der Waals surface area contributed by atoms with Crippen molar-refractivity contribution in [1.82, 2.24) is 10.2 Å². The molecule has 0 radical (unpaired) electrons. The van der Waals surface area contributed by atoms with E-state index in [-0.39, 0.29) is 17.9 Å². The van der Waals surface area contributed by atoms with Crippen molar-refractivity contribution >= 4 is 5.91 Å². The summed E-state index contributed by atoms with van der Waals surface area (Å²) in [6.45, 7) is 5.57. The molecule has 0 aromatic heterocycles. The van der Waals surface area contributed by atoms with E-state index in [9.17, 15) is 4.79 Å². The SMILES string of the molecule is CN1CC(C)(C)CNC(CO)C1=O. The second-order valence-corrected chi connectivity index (χ2v) is 4.47. The lowest BCUT2D eigenvalue weighted by atomic mass is 9.93. The Morgan fingerprint density at radius 1 is 1.69 bits per heavy atom. The van der Waals surface area contributed by atoms with Crippen molar-refractivity contribution in [3.63, 3.8) is 0 Å². The van der Waals surface area contributed by atoms with Gasteiger partial charge in [-0.05, 0) is 5.41 Å². The first kappa shape index (κ1) is 10.5. The van der Waals surface area contributed by atoms with Crippen molar-refractivity contribution in [3.8, 4) is 0 Å². The predicted octanol–water partition coefficient (Wildman–Crippen LogP) is -0.565. The molecule has 1 saturated heterocycles. The van der Waals surface area contributed by atoms with Crippen molar-refractivity contribution < 1.29 is 9.90 Å². The number of nitrogens with one attached hydrogen (secondary N) is 1. The van der Waals surface area contributed by atoms with Crippen LogP contribution in [-0.4, -0.2) is 48.7 Å². The van der Waals surface area contributed by atoms with E-state index in [0.717, 1.165) is 13.1 Å². The molecule has 0 saturated carbocycles. The molecule has 1 heterocycles. The topological polar surface area (TPSA) is 52.6 Å². The Kier molecular flexibility index (Phi) is 2.93. The van der Waals surface area contributed by atoms with Crippen LogP contribution in [0.4, 0.5) is 0 Å². The molecule has 0 spiro atoms. The van der Waals surface area contributed by atoms with Crippen molar-refractivity contribution in [3.05, 3.63) is 0 Å². The summed E-state index contributed by atoms with van der Waals surface area (Å²) >= 11 is 0. The third kappa shape index (κ3) is 2.42. The minimum Gasteiger partial charge on any atom is -0.394 e. The number of hydrogen-bond donors (Lipinski definition) is 2. The first-order chi connectivity index (χ1) is 5.96. The molecule has 4 nitrogen and oxygen atoms in total. The van der Waals surface area contributed by atoms with E-state index in [1.165, 1.54) is 0 Å². The number of rotatable bonds is 1. The van der Waals surface area contributed by atoms with Crippen LogP contribution in [0.2, 0.25) is 0 Å². The zero-order valence-electron chi connectivity index (χ0n) is 8.50. The Bertz CT molecular complexity index is 204. The first-order valence-corrected chi connectivity index (χ1v) is 4.55. The van der Waals surface area contributed by atoms with Gasteiger partial charge in [-0.15, -0.1) is 0 Å². The van der Waals surface area contributed by atoms with Crippen molar-refractivity contribution in [2.75, 3.05) is 26.7 Å². The summed E-state index contributed by atoms with van der Waals surface area (Å²) in [7, 11) is 1.78. The van der Waals surface area contributed by atoms with Gasteiger partial charge in [0.2, 0.25) is 5.91 Å². The Balaban J connectivity index is 2.74. The number of carbonyl (C=O) groups is 1. The summed E-state index contributed by atoms with van der Waals surface area (Å²) in [5, 5.41) is 12.0. The van der Waals surface area contributed by atoms with Gasteiger partial charge in [-0.1, -0.05) is 13.8 Å². The maximum atomic E-state index is 11.6. The van der Waals surface area contributed by atoms with Gasteiger partial charge in [0.15, 0.2) is 0 Å². The van der Waals surface area contributed by atoms with Crippen LogP contribution >= 0.6 is 0 Å². The van der Waals surface area contributed by atoms with E-state index in [1.807, 2.05) is 0 Å². The highest BCUT2D eigenvalue weighted by Crippen LogP contribution is 2.18. The van der Waals surface area contributed by atoms with Gasteiger partial charge in [0.25, 0.3) is 0 Å². The van der Waals surface area contributed by atoms with Gasteiger partial charge < -0.3 is 15.3 Å². The highest BCUT2D eigenvalue weighted by molar-refractivity contribution is 5.82. The van der Waals surface area contributed by atoms with Crippen LogP contribution < -0.4 is 5.32 Å². The number of amides is 1. The van der Waals surface area contributed by atoms with E-state index in [2.05, 4.69) is 19.2 Å². The standard InChI is InChI=1S/C9H18N2O2/c1-9(2)5-10-7(4-12)8(13)11(3)6-9/h7,10,12H,4-6H2,1-3H3. The fraction of sp³-hybridized carbons (Fsp3) is 0.889. The molecule has 2 N–H and O–H groups in total. The third-order valence-electron chi connectivity index (χ3n) is 2.35. The van der Waals surface area contributed by atoms with Crippen LogP contribution in [0, 0.1) is 5.41 Å². The minimum absolute atomic E-state index is 0.0203. The second kappa shape index (κ2) is 3.64. The summed E-state index contributed by atoms with van der Waals surface area (Å²) in [6, 6.07) is -0.424. The van der Waals surface area contributed by atoms with Crippen LogP contribution in [0.3, 0.4) is 0 Å². The number of hydrogen-bond acceptors (Lipinski definition) is 3. The average molecular weight is 186 g/mol. The molecule has 1 aliphatic heterocycles. The second-order valence-electron chi connectivity index (χ2n) is 4.47. The van der Waals surface area contributed by atoms with Gasteiger partial charge in [-0.2, -0.15) is 0 Å². The van der Waals surface area contributed by atoms with E-state index < -0.39 is 6.04 Å². The average Bonchev–Trinajstić information content (AvgIpc) is 2.11. The Hall–Kier alpha value is -0.610. The maximum absolute atomic E-state index is 11.6. The molecule has 1 rings (SSSR count). The van der Waals surface area contributed by atoms with Gasteiger partial charge in [-0.25, -0.2) is 0 Å². The molecule has 13 heavy (non-hydrogen) atoms. The number of aliphatic hydroxyl groups is 1. The van der Waals surface area contributed by atoms with Crippen LogP contribution in [0.25, 0.3) is 0 Å². The lowest BCUT2D eigenvalue weighted by molar-refractivity contribution is -0.132. The monoisotopic (exact) mass is 186 g/mol. The van der Waals surface area contributed by atoms with Gasteiger partial charge in [0.1, 0.15) is 6.04 Å². The minimum atomic E-state index is -0.424. The molecular formula is C9H18N2O2. The highest BCUT2D eigenvalue weighted by atomic mass is 16.3. The molecular weight excluding hydrogens is 168 g/mol. The molecule has 1 aliphatic rings. The molecule has 1 unspecified atom stereocenters. The molecule has 76 valence electrons. The van der Waals surface area contributed by atoms with E-state index in [1.54, 1.807) is 11.9 Å². The van der Waals surface area contributed by atoms with Crippen LogP contribution in [-0.2, 0) is 4.79 Å². The summed E-state index contributed by atoms with van der Waals surface area (Å²) in [6.07, 6.45) is 0. The van der Waals surface area contributed by atoms with Crippen LogP contribution in [0.1, 0.15) is 13.8 Å². The van der Waals surface area contributed by atoms with E-state index in [0.29, 0.717) is 0 Å². The largest absolute Gasteiger partial charge is 0.394 e. The normalized spacial score (nSPS) is 28.8. The Morgan fingerprint density at radius 2 is 2.31 bits per heavy atom. The lowest BCUT2D eigenvalue weighted by Gasteiger charge is -2.25. The molecule has 1 atom stereocenters. The summed E-state index contributed by atoms with van der Waals surface area (Å²) in [5.41, 5.74) is 0.0777. The van der Waals surface area contributed by atoms with Gasteiger partial charge in [0.05, 0.1) is 6.61 Å². The van der Waals surface area contributed by atoms with Gasteiger partial charge in [0, 0.05) is 20.1 Å². The number of carbonyl (C=O) groups excluding carboxylic acids is 1. The van der Waals surface area contributed by atoms with Crippen molar-refractivity contribution in [2.24, 2.45) is 5.41 Å². The molecule has 0 bridgehead atoms. The zero-order valence-corrected chi connectivity index (χ0v) is 8.50. The smallest absolute Gasteiger partial charge is 0.241 e. The lowest BCUT2D eigenvalue weighted by Crippen LogP contribution is -2.44. The molecule has 4 heteroatoms. The zero-order chi connectivity index (χ0) is 10.1. The van der Waals surface area contributed by atoms with E-state index >= 15 is 0 Å². The fourth-order valence-electron chi connectivity index (χ4n) is 1.67. The van der Waals surface area contributed by atoms with Crippen LogP contribution in [0.5, 0.6) is 0 Å². The fourth-order valence-corrected chi connectivity index (χ4v) is 1.67. The van der Waals surface area contributed by atoms with Crippen molar-refractivity contribution in [1.29, 1.82) is 0 Å². The molecule has 0 aliphatic carbocycles. The molecule has 1 fully saturated rings. The first-order valence-electron chi connectivity index (χ1n) is 4.55. The maximum Gasteiger partial charge on any atom is 0.241 e. The third-order valence-corrected chi connectivity index (χ3v) is 2.35. The quantitative estimate of drug-likeness (QED) is 0.577. The summed E-state index contributed by atoms with van der Waals surface area (Å²) in [4.78, 5) is 13.2. The van der Waals surface area contributed by atoms with Gasteiger partial charge >= 0.3 is 0 Å². The highest BCUT2D eigenvalue weighted by Gasteiger charge is 2.31.